The number of halogens is 1. The van der Waals surface area contributed by atoms with Crippen molar-refractivity contribution in [2.45, 2.75) is 6.92 Å². The highest BCUT2D eigenvalue weighted by Gasteiger charge is 2.10. The first-order valence-electron chi connectivity index (χ1n) is 6.52. The van der Waals surface area contributed by atoms with Gasteiger partial charge in [0.2, 0.25) is 0 Å². The molecule has 1 aromatic heterocycles. The predicted octanol–water partition coefficient (Wildman–Crippen LogP) is 5.49. The first kappa shape index (κ1) is 13.1. The third kappa shape index (κ3) is 2.52. The second kappa shape index (κ2) is 5.59. The molecule has 0 N–H and O–H groups in total. The minimum Gasteiger partial charge on any atom is -0.261 e. The predicted molar refractivity (Wildman–Crippen MR) is 87.5 cm³/mol. The normalized spacial score (nSPS) is 10.5. The zero-order valence-electron chi connectivity index (χ0n) is 11.2. The van der Waals surface area contributed by atoms with Crippen LogP contribution in [0.25, 0.3) is 22.3 Å². The quantitative estimate of drug-likeness (QED) is 0.608. The lowest BCUT2D eigenvalue weighted by molar-refractivity contribution is 1.20. The molecule has 2 heteroatoms. The van der Waals surface area contributed by atoms with Gasteiger partial charge in [-0.1, -0.05) is 58.4 Å². The lowest BCUT2D eigenvalue weighted by atomic mass is 9.94. The number of hydrogen-bond donors (Lipinski definition) is 0. The topological polar surface area (TPSA) is 12.9 Å². The number of pyridine rings is 1. The summed E-state index contributed by atoms with van der Waals surface area (Å²) in [4.78, 5) is 4.45. The Hall–Kier alpha value is -1.93. The minimum atomic E-state index is 1.05. The van der Waals surface area contributed by atoms with Gasteiger partial charge in [0.15, 0.2) is 0 Å². The van der Waals surface area contributed by atoms with Crippen molar-refractivity contribution >= 4 is 15.9 Å². The fourth-order valence-electron chi connectivity index (χ4n) is 2.41. The third-order valence-electron chi connectivity index (χ3n) is 3.36. The summed E-state index contributed by atoms with van der Waals surface area (Å²) >= 11 is 3.48. The van der Waals surface area contributed by atoms with Gasteiger partial charge in [0.25, 0.3) is 0 Å². The molecule has 0 aliphatic heterocycles. The molecule has 98 valence electrons. The monoisotopic (exact) mass is 323 g/mol. The highest BCUT2D eigenvalue weighted by Crippen LogP contribution is 2.34. The maximum absolute atomic E-state index is 4.45. The van der Waals surface area contributed by atoms with E-state index in [0.717, 1.165) is 10.2 Å². The smallest absolute Gasteiger partial charge is 0.0457 e. The summed E-state index contributed by atoms with van der Waals surface area (Å²) in [6.45, 7) is 2.06. The van der Waals surface area contributed by atoms with Gasteiger partial charge in [-0.2, -0.15) is 0 Å². The van der Waals surface area contributed by atoms with E-state index >= 15 is 0 Å². The minimum absolute atomic E-state index is 1.05. The summed E-state index contributed by atoms with van der Waals surface area (Å²) in [5.74, 6) is 0. The SMILES string of the molecule is Cc1nccc(-c2ccccc2)c1-c1ccc(Br)cc1. The first-order valence-corrected chi connectivity index (χ1v) is 7.32. The van der Waals surface area contributed by atoms with Crippen LogP contribution < -0.4 is 0 Å². The van der Waals surface area contributed by atoms with Gasteiger partial charge in [-0.25, -0.2) is 0 Å². The molecule has 20 heavy (non-hydrogen) atoms. The van der Waals surface area contributed by atoms with Gasteiger partial charge in [-0.15, -0.1) is 0 Å². The number of aromatic nitrogens is 1. The van der Waals surface area contributed by atoms with E-state index in [9.17, 15) is 0 Å². The molecule has 0 amide bonds. The number of rotatable bonds is 2. The van der Waals surface area contributed by atoms with Gasteiger partial charge >= 0.3 is 0 Å². The lowest BCUT2D eigenvalue weighted by Gasteiger charge is -2.12. The van der Waals surface area contributed by atoms with Crippen molar-refractivity contribution in [3.63, 3.8) is 0 Å². The Balaban J connectivity index is 2.22. The van der Waals surface area contributed by atoms with E-state index in [2.05, 4.69) is 82.4 Å². The number of benzene rings is 2. The number of aryl methyl sites for hydroxylation is 1. The third-order valence-corrected chi connectivity index (χ3v) is 3.89. The molecule has 0 saturated heterocycles. The van der Waals surface area contributed by atoms with Crippen LogP contribution in [0.15, 0.2) is 71.3 Å². The summed E-state index contributed by atoms with van der Waals surface area (Å²) < 4.78 is 1.09. The second-order valence-electron chi connectivity index (χ2n) is 4.69. The van der Waals surface area contributed by atoms with E-state index in [1.165, 1.54) is 22.3 Å². The van der Waals surface area contributed by atoms with Crippen LogP contribution in [0.4, 0.5) is 0 Å². The summed E-state index contributed by atoms with van der Waals surface area (Å²) in [7, 11) is 0. The number of nitrogens with zero attached hydrogens (tertiary/aromatic N) is 1. The molecular formula is C18H14BrN. The van der Waals surface area contributed by atoms with E-state index in [4.69, 9.17) is 0 Å². The molecule has 0 aliphatic rings. The largest absolute Gasteiger partial charge is 0.261 e. The van der Waals surface area contributed by atoms with Gasteiger partial charge in [0, 0.05) is 21.9 Å². The van der Waals surface area contributed by atoms with Crippen LogP contribution in [-0.2, 0) is 0 Å². The Kier molecular flexibility index (Phi) is 3.66. The van der Waals surface area contributed by atoms with Crippen LogP contribution in [0.1, 0.15) is 5.69 Å². The Morgan fingerprint density at radius 1 is 0.800 bits per heavy atom. The van der Waals surface area contributed by atoms with Crippen LogP contribution in [0.3, 0.4) is 0 Å². The first-order chi connectivity index (χ1) is 9.75. The van der Waals surface area contributed by atoms with Crippen molar-refractivity contribution < 1.29 is 0 Å². The molecule has 1 nitrogen and oxygen atoms in total. The van der Waals surface area contributed by atoms with E-state index < -0.39 is 0 Å². The highest BCUT2D eigenvalue weighted by atomic mass is 79.9. The van der Waals surface area contributed by atoms with E-state index in [-0.39, 0.29) is 0 Å². The molecule has 2 aromatic carbocycles. The summed E-state index contributed by atoms with van der Waals surface area (Å²) in [5.41, 5.74) is 5.88. The van der Waals surface area contributed by atoms with Crippen molar-refractivity contribution in [3.05, 3.63) is 77.0 Å². The second-order valence-corrected chi connectivity index (χ2v) is 5.61. The standard InChI is InChI=1S/C18H14BrN/c1-13-18(15-7-9-16(19)10-8-15)17(11-12-20-13)14-5-3-2-4-6-14/h2-12H,1H3. The van der Waals surface area contributed by atoms with E-state index in [0.29, 0.717) is 0 Å². The molecule has 0 radical (unpaired) electrons. The Morgan fingerprint density at radius 3 is 2.20 bits per heavy atom. The average Bonchev–Trinajstić information content (AvgIpc) is 2.49. The van der Waals surface area contributed by atoms with Crippen molar-refractivity contribution in [1.82, 2.24) is 4.98 Å². The molecule has 0 unspecified atom stereocenters. The van der Waals surface area contributed by atoms with Gasteiger partial charge in [-0.3, -0.25) is 4.98 Å². The lowest BCUT2D eigenvalue weighted by Crippen LogP contribution is -1.91. The van der Waals surface area contributed by atoms with Crippen molar-refractivity contribution in [2.24, 2.45) is 0 Å². The summed E-state index contributed by atoms with van der Waals surface area (Å²) in [5, 5.41) is 0. The van der Waals surface area contributed by atoms with Gasteiger partial charge in [0.05, 0.1) is 0 Å². The Morgan fingerprint density at radius 2 is 1.50 bits per heavy atom. The van der Waals surface area contributed by atoms with Crippen LogP contribution in [0.2, 0.25) is 0 Å². The zero-order valence-corrected chi connectivity index (χ0v) is 12.8. The fraction of sp³-hybridized carbons (Fsp3) is 0.0556. The number of hydrogen-bond acceptors (Lipinski definition) is 1. The molecule has 1 heterocycles. The molecule has 0 aliphatic carbocycles. The van der Waals surface area contributed by atoms with Gasteiger partial charge in [0.1, 0.15) is 0 Å². The molecule has 0 spiro atoms. The highest BCUT2D eigenvalue weighted by molar-refractivity contribution is 9.10. The molecule has 3 aromatic rings. The zero-order chi connectivity index (χ0) is 13.9. The molecule has 0 atom stereocenters. The fourth-order valence-corrected chi connectivity index (χ4v) is 2.67. The summed E-state index contributed by atoms with van der Waals surface area (Å²) in [6.07, 6.45) is 1.88. The van der Waals surface area contributed by atoms with Crippen molar-refractivity contribution in [2.75, 3.05) is 0 Å². The maximum Gasteiger partial charge on any atom is 0.0457 e. The Bertz CT molecular complexity index is 718. The maximum atomic E-state index is 4.45. The van der Waals surface area contributed by atoms with Crippen LogP contribution in [-0.4, -0.2) is 4.98 Å². The molecule has 3 rings (SSSR count). The van der Waals surface area contributed by atoms with Crippen LogP contribution in [0.5, 0.6) is 0 Å². The summed E-state index contributed by atoms with van der Waals surface area (Å²) in [6, 6.07) is 20.9. The van der Waals surface area contributed by atoms with E-state index in [1.54, 1.807) is 0 Å². The van der Waals surface area contributed by atoms with Crippen molar-refractivity contribution in [1.29, 1.82) is 0 Å². The average molecular weight is 324 g/mol. The van der Waals surface area contributed by atoms with Gasteiger partial charge in [-0.05, 0) is 41.8 Å². The van der Waals surface area contributed by atoms with E-state index in [1.807, 2.05) is 12.3 Å². The van der Waals surface area contributed by atoms with Gasteiger partial charge < -0.3 is 0 Å². The molecule has 0 fully saturated rings. The molecule has 0 bridgehead atoms. The van der Waals surface area contributed by atoms with Crippen molar-refractivity contribution in [3.8, 4) is 22.3 Å². The Labute approximate surface area is 127 Å². The molecule has 0 saturated carbocycles. The molecular weight excluding hydrogens is 310 g/mol. The van der Waals surface area contributed by atoms with Crippen LogP contribution >= 0.6 is 15.9 Å². The van der Waals surface area contributed by atoms with Crippen LogP contribution in [0, 0.1) is 6.92 Å².